The number of rotatable bonds is 6. The lowest BCUT2D eigenvalue weighted by Gasteiger charge is -2.07. The number of nitrogens with one attached hydrogen (secondary N) is 2. The van der Waals surface area contributed by atoms with Crippen LogP contribution in [0.4, 0.5) is 5.69 Å². The Bertz CT molecular complexity index is 976. The van der Waals surface area contributed by atoms with Crippen LogP contribution in [0.25, 0.3) is 0 Å². The SMILES string of the molecule is COc1ccc(/C=N/N=C2\NC(=O)C(CC(=O)Nc3ccc(C)cc3)S2)cc1Br. The summed E-state index contributed by atoms with van der Waals surface area (Å²) in [5, 5.41) is 13.3. The first-order valence-electron chi connectivity index (χ1n) is 8.73. The van der Waals surface area contributed by atoms with E-state index in [4.69, 9.17) is 4.74 Å². The normalized spacial score (nSPS) is 17.6. The first-order valence-corrected chi connectivity index (χ1v) is 10.4. The highest BCUT2D eigenvalue weighted by molar-refractivity contribution is 9.10. The van der Waals surface area contributed by atoms with Gasteiger partial charge in [-0.15, -0.1) is 5.10 Å². The number of carbonyl (C=O) groups is 2. The first-order chi connectivity index (χ1) is 13.9. The number of ether oxygens (including phenoxy) is 1. The number of benzene rings is 2. The third-order valence-electron chi connectivity index (χ3n) is 4.01. The zero-order chi connectivity index (χ0) is 20.8. The van der Waals surface area contributed by atoms with Crippen LogP contribution in [0.5, 0.6) is 5.75 Å². The quantitative estimate of drug-likeness (QED) is 0.492. The van der Waals surface area contributed by atoms with Gasteiger partial charge in [0.1, 0.15) is 11.0 Å². The van der Waals surface area contributed by atoms with Crippen molar-refractivity contribution in [1.29, 1.82) is 0 Å². The molecule has 0 aliphatic carbocycles. The number of aryl methyl sites for hydroxylation is 1. The van der Waals surface area contributed by atoms with Crippen molar-refractivity contribution in [3.63, 3.8) is 0 Å². The molecule has 7 nitrogen and oxygen atoms in total. The van der Waals surface area contributed by atoms with Gasteiger partial charge < -0.3 is 15.4 Å². The minimum atomic E-state index is -0.537. The molecule has 1 atom stereocenters. The highest BCUT2D eigenvalue weighted by atomic mass is 79.9. The van der Waals surface area contributed by atoms with Crippen LogP contribution in [0.15, 0.2) is 57.1 Å². The molecule has 2 aromatic carbocycles. The van der Waals surface area contributed by atoms with Gasteiger partial charge in [0.05, 0.1) is 17.8 Å². The summed E-state index contributed by atoms with van der Waals surface area (Å²) in [6, 6.07) is 13.0. The van der Waals surface area contributed by atoms with Crippen molar-refractivity contribution >= 4 is 56.6 Å². The Hall–Kier alpha value is -2.65. The van der Waals surface area contributed by atoms with Gasteiger partial charge >= 0.3 is 0 Å². The summed E-state index contributed by atoms with van der Waals surface area (Å²) in [5.41, 5.74) is 2.63. The lowest BCUT2D eigenvalue weighted by atomic mass is 10.2. The lowest BCUT2D eigenvalue weighted by Crippen LogP contribution is -2.28. The van der Waals surface area contributed by atoms with Crippen LogP contribution < -0.4 is 15.4 Å². The largest absolute Gasteiger partial charge is 0.496 e. The molecule has 1 saturated heterocycles. The number of thioether (sulfide) groups is 1. The number of carbonyl (C=O) groups excluding carboxylic acids is 2. The van der Waals surface area contributed by atoms with Crippen LogP contribution in [0, 0.1) is 6.92 Å². The average Bonchev–Trinajstić information content (AvgIpc) is 3.03. The van der Waals surface area contributed by atoms with Gasteiger partial charge in [-0.1, -0.05) is 29.5 Å². The van der Waals surface area contributed by atoms with Crippen LogP contribution in [0.2, 0.25) is 0 Å². The number of anilines is 1. The Balaban J connectivity index is 1.55. The van der Waals surface area contributed by atoms with E-state index in [2.05, 4.69) is 36.8 Å². The van der Waals surface area contributed by atoms with E-state index in [0.29, 0.717) is 10.9 Å². The standard InChI is InChI=1S/C20H19BrN4O3S/c1-12-3-6-14(7-4-12)23-18(26)10-17-19(27)24-20(29-17)25-22-11-13-5-8-16(28-2)15(21)9-13/h3-9,11,17H,10H2,1-2H3,(H,23,26)(H,24,25,27)/b22-11+. The Morgan fingerprint density at radius 2 is 2.07 bits per heavy atom. The van der Waals surface area contributed by atoms with Gasteiger partial charge in [0.15, 0.2) is 5.17 Å². The highest BCUT2D eigenvalue weighted by Crippen LogP contribution is 2.25. The zero-order valence-electron chi connectivity index (χ0n) is 15.8. The molecule has 29 heavy (non-hydrogen) atoms. The van der Waals surface area contributed by atoms with Gasteiger partial charge in [-0.25, -0.2) is 0 Å². The summed E-state index contributed by atoms with van der Waals surface area (Å²) in [4.78, 5) is 24.3. The van der Waals surface area contributed by atoms with E-state index in [1.165, 1.54) is 11.8 Å². The van der Waals surface area contributed by atoms with Crippen LogP contribution in [-0.4, -0.2) is 35.6 Å². The first kappa shape index (κ1) is 21.1. The van der Waals surface area contributed by atoms with Gasteiger partial charge in [0.2, 0.25) is 11.8 Å². The maximum atomic E-state index is 12.2. The summed E-state index contributed by atoms with van der Waals surface area (Å²) in [5.74, 6) is 0.239. The Morgan fingerprint density at radius 1 is 1.31 bits per heavy atom. The zero-order valence-corrected chi connectivity index (χ0v) is 18.2. The molecule has 0 radical (unpaired) electrons. The number of halogens is 1. The minimum absolute atomic E-state index is 0.0541. The molecular weight excluding hydrogens is 456 g/mol. The van der Waals surface area contributed by atoms with Crippen LogP contribution in [0.1, 0.15) is 17.5 Å². The molecular formula is C20H19BrN4O3S. The van der Waals surface area contributed by atoms with Gasteiger partial charge in [-0.05, 0) is 58.7 Å². The fourth-order valence-electron chi connectivity index (χ4n) is 2.51. The van der Waals surface area contributed by atoms with Crippen molar-refractivity contribution in [3.8, 4) is 5.75 Å². The number of nitrogens with zero attached hydrogens (tertiary/aromatic N) is 2. The van der Waals surface area contributed by atoms with E-state index in [-0.39, 0.29) is 18.2 Å². The van der Waals surface area contributed by atoms with Crippen molar-refractivity contribution in [1.82, 2.24) is 5.32 Å². The monoisotopic (exact) mass is 474 g/mol. The molecule has 0 bridgehead atoms. The third kappa shape index (κ3) is 5.91. The summed E-state index contributed by atoms with van der Waals surface area (Å²) in [6.07, 6.45) is 1.62. The number of amidine groups is 1. The molecule has 1 unspecified atom stereocenters. The van der Waals surface area contributed by atoms with Crippen LogP contribution >= 0.6 is 27.7 Å². The lowest BCUT2D eigenvalue weighted by molar-refractivity contribution is -0.122. The smallest absolute Gasteiger partial charge is 0.240 e. The van der Waals surface area contributed by atoms with E-state index in [9.17, 15) is 9.59 Å². The summed E-state index contributed by atoms with van der Waals surface area (Å²) in [6.45, 7) is 1.97. The van der Waals surface area contributed by atoms with E-state index < -0.39 is 5.25 Å². The summed E-state index contributed by atoms with van der Waals surface area (Å²) >= 11 is 4.60. The van der Waals surface area contributed by atoms with Gasteiger partial charge in [0, 0.05) is 12.1 Å². The predicted molar refractivity (Wildman–Crippen MR) is 120 cm³/mol. The maximum Gasteiger partial charge on any atom is 0.240 e. The average molecular weight is 475 g/mol. The van der Waals surface area contributed by atoms with Crippen molar-refractivity contribution in [2.45, 2.75) is 18.6 Å². The van der Waals surface area contributed by atoms with Gasteiger partial charge in [-0.3, -0.25) is 9.59 Å². The fraction of sp³-hybridized carbons (Fsp3) is 0.200. The number of hydrogen-bond acceptors (Lipinski definition) is 6. The predicted octanol–water partition coefficient (Wildman–Crippen LogP) is 3.72. The number of hydrogen-bond donors (Lipinski definition) is 2. The molecule has 3 rings (SSSR count). The highest BCUT2D eigenvalue weighted by Gasteiger charge is 2.32. The summed E-state index contributed by atoms with van der Waals surface area (Å²) in [7, 11) is 1.59. The molecule has 0 saturated carbocycles. The molecule has 0 aromatic heterocycles. The van der Waals surface area contributed by atoms with Crippen LogP contribution in [-0.2, 0) is 9.59 Å². The molecule has 2 N–H and O–H groups in total. The maximum absolute atomic E-state index is 12.2. The topological polar surface area (TPSA) is 92.2 Å². The second-order valence-electron chi connectivity index (χ2n) is 6.26. The molecule has 0 spiro atoms. The van der Waals surface area contributed by atoms with Crippen molar-refractivity contribution in [2.75, 3.05) is 12.4 Å². The fourth-order valence-corrected chi connectivity index (χ4v) is 4.00. The van der Waals surface area contributed by atoms with E-state index in [1.54, 1.807) is 13.3 Å². The van der Waals surface area contributed by atoms with Gasteiger partial charge in [0.25, 0.3) is 0 Å². The molecule has 1 aliphatic heterocycles. The Labute approximate surface area is 181 Å². The van der Waals surface area contributed by atoms with Crippen molar-refractivity contribution in [2.24, 2.45) is 10.2 Å². The molecule has 1 heterocycles. The third-order valence-corrected chi connectivity index (χ3v) is 5.71. The number of methoxy groups -OCH3 is 1. The number of amides is 2. The molecule has 2 aromatic rings. The van der Waals surface area contributed by atoms with Crippen molar-refractivity contribution < 1.29 is 14.3 Å². The van der Waals surface area contributed by atoms with E-state index in [1.807, 2.05) is 49.4 Å². The second kappa shape index (κ2) is 9.71. The van der Waals surface area contributed by atoms with Gasteiger partial charge in [-0.2, -0.15) is 5.10 Å². The molecule has 1 aliphatic rings. The minimum Gasteiger partial charge on any atom is -0.496 e. The van der Waals surface area contributed by atoms with E-state index in [0.717, 1.165) is 21.3 Å². The molecule has 1 fully saturated rings. The summed E-state index contributed by atoms with van der Waals surface area (Å²) < 4.78 is 5.99. The van der Waals surface area contributed by atoms with E-state index >= 15 is 0 Å². The molecule has 150 valence electrons. The Kier molecular flexibility index (Phi) is 7.05. The van der Waals surface area contributed by atoms with Crippen LogP contribution in [0.3, 0.4) is 0 Å². The molecule has 2 amide bonds. The molecule has 9 heteroatoms. The van der Waals surface area contributed by atoms with Crippen molar-refractivity contribution in [3.05, 3.63) is 58.1 Å². The second-order valence-corrected chi connectivity index (χ2v) is 8.30. The Morgan fingerprint density at radius 3 is 2.76 bits per heavy atom.